The number of fused-ring (bicyclic) bond motifs is 1. The number of para-hydroxylation sites is 1. The summed E-state index contributed by atoms with van der Waals surface area (Å²) in [4.78, 5) is 15.3. The molecule has 2 aromatic carbocycles. The molecule has 5 heteroatoms. The van der Waals surface area contributed by atoms with Crippen molar-refractivity contribution in [3.05, 3.63) is 58.4 Å². The number of hydrogen-bond acceptors (Lipinski definition) is 4. The summed E-state index contributed by atoms with van der Waals surface area (Å²) in [5, 5.41) is 0. The van der Waals surface area contributed by atoms with Gasteiger partial charge in [-0.1, -0.05) is 38.5 Å². The third-order valence-electron chi connectivity index (χ3n) is 5.34. The Morgan fingerprint density at radius 1 is 1.14 bits per heavy atom. The standard InChI is InChI=1S/C24H30FNO3/c1-4-6-15-28-23-19-12-14-26(13-5-2)16-20(19)22(25)17(3)21(23)24(27)29-18-10-8-7-9-11-18/h7-11H,4-6,12-16H2,1-3H3. The maximum atomic E-state index is 15.3. The molecule has 0 N–H and O–H groups in total. The zero-order valence-electron chi connectivity index (χ0n) is 17.6. The molecule has 0 radical (unpaired) electrons. The molecular weight excluding hydrogens is 369 g/mol. The van der Waals surface area contributed by atoms with E-state index >= 15 is 4.39 Å². The predicted molar refractivity (Wildman–Crippen MR) is 112 cm³/mol. The molecule has 0 saturated heterocycles. The van der Waals surface area contributed by atoms with Crippen LogP contribution in [0.3, 0.4) is 0 Å². The summed E-state index contributed by atoms with van der Waals surface area (Å²) in [5.41, 5.74) is 1.99. The summed E-state index contributed by atoms with van der Waals surface area (Å²) in [6.07, 6.45) is 3.55. The first-order chi connectivity index (χ1) is 14.1. The molecule has 4 nitrogen and oxygen atoms in total. The molecule has 2 aromatic rings. The number of halogens is 1. The predicted octanol–water partition coefficient (Wildman–Crippen LogP) is 5.30. The van der Waals surface area contributed by atoms with Crippen LogP contribution in [0.2, 0.25) is 0 Å². The van der Waals surface area contributed by atoms with E-state index in [0.29, 0.717) is 42.2 Å². The fourth-order valence-electron chi connectivity index (χ4n) is 3.81. The van der Waals surface area contributed by atoms with Gasteiger partial charge in [-0.05, 0) is 44.9 Å². The van der Waals surface area contributed by atoms with Gasteiger partial charge in [0.15, 0.2) is 0 Å². The van der Waals surface area contributed by atoms with Crippen LogP contribution >= 0.6 is 0 Å². The normalized spacial score (nSPS) is 13.8. The third kappa shape index (κ3) is 4.78. The van der Waals surface area contributed by atoms with Gasteiger partial charge < -0.3 is 9.47 Å². The second-order valence-electron chi connectivity index (χ2n) is 7.53. The monoisotopic (exact) mass is 399 g/mol. The van der Waals surface area contributed by atoms with Gasteiger partial charge in [-0.3, -0.25) is 4.90 Å². The summed E-state index contributed by atoms with van der Waals surface area (Å²) < 4.78 is 27.0. The largest absolute Gasteiger partial charge is 0.492 e. The molecular formula is C24H30FNO3. The fourth-order valence-corrected chi connectivity index (χ4v) is 3.81. The van der Waals surface area contributed by atoms with Crippen LogP contribution in [0.5, 0.6) is 11.5 Å². The van der Waals surface area contributed by atoms with Crippen molar-refractivity contribution in [3.63, 3.8) is 0 Å². The minimum atomic E-state index is -0.571. The van der Waals surface area contributed by atoms with Crippen LogP contribution in [0, 0.1) is 12.7 Å². The smallest absolute Gasteiger partial charge is 0.347 e. The highest BCUT2D eigenvalue weighted by Gasteiger charge is 2.31. The van der Waals surface area contributed by atoms with Gasteiger partial charge in [-0.15, -0.1) is 0 Å². The van der Waals surface area contributed by atoms with Crippen LogP contribution in [0.1, 0.15) is 60.2 Å². The fraction of sp³-hybridized carbons (Fsp3) is 0.458. The van der Waals surface area contributed by atoms with Crippen molar-refractivity contribution in [2.24, 2.45) is 0 Å². The number of carbonyl (C=O) groups is 1. The van der Waals surface area contributed by atoms with Crippen molar-refractivity contribution in [2.45, 2.75) is 53.0 Å². The molecule has 1 heterocycles. The summed E-state index contributed by atoms with van der Waals surface area (Å²) in [5.74, 6) is 0.0506. The molecule has 0 aliphatic carbocycles. The average Bonchev–Trinajstić information content (AvgIpc) is 2.72. The van der Waals surface area contributed by atoms with Crippen molar-refractivity contribution >= 4 is 5.97 Å². The lowest BCUT2D eigenvalue weighted by atomic mass is 9.91. The first-order valence-electron chi connectivity index (χ1n) is 10.5. The highest BCUT2D eigenvalue weighted by Crippen LogP contribution is 2.37. The van der Waals surface area contributed by atoms with Crippen molar-refractivity contribution < 1.29 is 18.7 Å². The van der Waals surface area contributed by atoms with Crippen molar-refractivity contribution in [3.8, 4) is 11.5 Å². The molecule has 0 saturated carbocycles. The molecule has 0 fully saturated rings. The van der Waals surface area contributed by atoms with Gasteiger partial charge in [0, 0.05) is 29.8 Å². The molecule has 0 spiro atoms. The Morgan fingerprint density at radius 2 is 1.90 bits per heavy atom. The zero-order chi connectivity index (χ0) is 20.8. The van der Waals surface area contributed by atoms with Gasteiger partial charge in [-0.2, -0.15) is 0 Å². The van der Waals surface area contributed by atoms with E-state index in [1.807, 2.05) is 6.07 Å². The summed E-state index contributed by atoms with van der Waals surface area (Å²) in [6, 6.07) is 8.86. The number of benzene rings is 2. The minimum absolute atomic E-state index is 0.213. The van der Waals surface area contributed by atoms with Crippen LogP contribution in [0.15, 0.2) is 30.3 Å². The van der Waals surface area contributed by atoms with Gasteiger partial charge in [0.05, 0.1) is 6.61 Å². The Labute approximate surface area is 172 Å². The van der Waals surface area contributed by atoms with E-state index in [1.54, 1.807) is 31.2 Å². The van der Waals surface area contributed by atoms with Crippen LogP contribution in [-0.4, -0.2) is 30.6 Å². The molecule has 0 atom stereocenters. The number of unbranched alkanes of at least 4 members (excludes halogenated alkanes) is 1. The molecule has 156 valence electrons. The number of nitrogens with zero attached hydrogens (tertiary/aromatic N) is 1. The van der Waals surface area contributed by atoms with Crippen molar-refractivity contribution in [2.75, 3.05) is 19.7 Å². The maximum Gasteiger partial charge on any atom is 0.347 e. The quantitative estimate of drug-likeness (QED) is 0.343. The Bertz CT molecular complexity index is 851. The molecule has 0 amide bonds. The topological polar surface area (TPSA) is 38.8 Å². The van der Waals surface area contributed by atoms with E-state index in [4.69, 9.17) is 9.47 Å². The minimum Gasteiger partial charge on any atom is -0.492 e. The van der Waals surface area contributed by atoms with E-state index < -0.39 is 5.97 Å². The molecule has 3 rings (SSSR count). The third-order valence-corrected chi connectivity index (χ3v) is 5.34. The molecule has 1 aliphatic rings. The van der Waals surface area contributed by atoms with Gasteiger partial charge in [0.2, 0.25) is 0 Å². The Morgan fingerprint density at radius 3 is 2.59 bits per heavy atom. The molecule has 29 heavy (non-hydrogen) atoms. The second kappa shape index (κ2) is 9.88. The van der Waals surface area contributed by atoms with Gasteiger partial charge in [0.25, 0.3) is 0 Å². The van der Waals surface area contributed by atoms with Crippen molar-refractivity contribution in [1.82, 2.24) is 4.90 Å². The Kier molecular flexibility index (Phi) is 7.26. The van der Waals surface area contributed by atoms with E-state index in [9.17, 15) is 4.79 Å². The van der Waals surface area contributed by atoms with Crippen molar-refractivity contribution in [1.29, 1.82) is 0 Å². The number of rotatable bonds is 8. The maximum absolute atomic E-state index is 15.3. The molecule has 0 unspecified atom stereocenters. The van der Waals surface area contributed by atoms with Gasteiger partial charge in [0.1, 0.15) is 22.9 Å². The summed E-state index contributed by atoms with van der Waals surface area (Å²) in [7, 11) is 0. The van der Waals surface area contributed by atoms with Crippen LogP contribution in [0.25, 0.3) is 0 Å². The Balaban J connectivity index is 2.02. The van der Waals surface area contributed by atoms with Gasteiger partial charge in [-0.25, -0.2) is 9.18 Å². The van der Waals surface area contributed by atoms with Crippen LogP contribution in [-0.2, 0) is 13.0 Å². The molecule has 1 aliphatic heterocycles. The zero-order valence-corrected chi connectivity index (χ0v) is 17.6. The lowest BCUT2D eigenvalue weighted by Gasteiger charge is -2.31. The lowest BCUT2D eigenvalue weighted by molar-refractivity contribution is 0.0728. The van der Waals surface area contributed by atoms with E-state index in [-0.39, 0.29) is 11.4 Å². The number of esters is 1. The van der Waals surface area contributed by atoms with Crippen LogP contribution < -0.4 is 9.47 Å². The highest BCUT2D eigenvalue weighted by molar-refractivity contribution is 5.96. The van der Waals surface area contributed by atoms with E-state index in [2.05, 4.69) is 18.7 Å². The first kappa shape index (κ1) is 21.3. The van der Waals surface area contributed by atoms with E-state index in [1.165, 1.54) is 0 Å². The van der Waals surface area contributed by atoms with Gasteiger partial charge >= 0.3 is 5.97 Å². The first-order valence-corrected chi connectivity index (χ1v) is 10.5. The Hall–Kier alpha value is -2.40. The SMILES string of the molecule is CCCCOc1c2c(c(F)c(C)c1C(=O)Oc1ccccc1)CN(CCC)CC2. The number of ether oxygens (including phenoxy) is 2. The number of hydrogen-bond donors (Lipinski definition) is 0. The molecule has 0 aromatic heterocycles. The molecule has 0 bridgehead atoms. The van der Waals surface area contributed by atoms with E-state index in [0.717, 1.165) is 37.9 Å². The van der Waals surface area contributed by atoms with Crippen LogP contribution in [0.4, 0.5) is 4.39 Å². The highest BCUT2D eigenvalue weighted by atomic mass is 19.1. The summed E-state index contributed by atoms with van der Waals surface area (Å²) >= 11 is 0. The second-order valence-corrected chi connectivity index (χ2v) is 7.53. The lowest BCUT2D eigenvalue weighted by Crippen LogP contribution is -2.33. The number of carbonyl (C=O) groups excluding carboxylic acids is 1. The summed E-state index contributed by atoms with van der Waals surface area (Å²) in [6.45, 7) is 8.67. The average molecular weight is 400 g/mol.